The zero-order valence-electron chi connectivity index (χ0n) is 9.98. The number of pyridine rings is 1. The molecule has 0 unspecified atom stereocenters. The Hall–Kier alpha value is -2.57. The molecule has 102 valence electrons. The topological polar surface area (TPSA) is 51.0 Å². The molecule has 0 aliphatic carbocycles. The zero-order chi connectivity index (χ0) is 14.2. The van der Waals surface area contributed by atoms with E-state index in [2.05, 4.69) is 15.5 Å². The van der Waals surface area contributed by atoms with Gasteiger partial charge in [-0.3, -0.25) is 0 Å². The number of hydrogen-bond donors (Lipinski definition) is 1. The number of benzene rings is 1. The Kier molecular flexibility index (Phi) is 2.81. The number of halogens is 3. The highest BCUT2D eigenvalue weighted by Crippen LogP contribution is 2.31. The van der Waals surface area contributed by atoms with Gasteiger partial charge in [-0.2, -0.15) is 13.2 Å². The molecular weight excluding hydrogens is 271 g/mol. The quantitative estimate of drug-likeness (QED) is 0.770. The van der Waals surface area contributed by atoms with E-state index in [-0.39, 0.29) is 0 Å². The van der Waals surface area contributed by atoms with Crippen molar-refractivity contribution in [3.8, 4) is 0 Å². The molecule has 3 aromatic rings. The van der Waals surface area contributed by atoms with Crippen LogP contribution in [0, 0.1) is 0 Å². The number of rotatable bonds is 2. The molecule has 0 aliphatic heterocycles. The van der Waals surface area contributed by atoms with E-state index in [0.717, 1.165) is 12.1 Å². The number of nitrogens with one attached hydrogen (secondary N) is 1. The molecule has 0 saturated carbocycles. The minimum Gasteiger partial charge on any atom is -0.337 e. The molecular formula is C13H8F3N3O. The Labute approximate surface area is 111 Å². The second-order valence-corrected chi connectivity index (χ2v) is 4.09. The first-order chi connectivity index (χ1) is 9.54. The summed E-state index contributed by atoms with van der Waals surface area (Å²) in [6, 6.07) is 8.15. The van der Waals surface area contributed by atoms with Crippen molar-refractivity contribution in [2.24, 2.45) is 0 Å². The molecule has 0 fully saturated rings. The summed E-state index contributed by atoms with van der Waals surface area (Å²) < 4.78 is 42.3. The van der Waals surface area contributed by atoms with Crippen molar-refractivity contribution >= 4 is 22.6 Å². The normalized spacial score (nSPS) is 11.8. The van der Waals surface area contributed by atoms with Gasteiger partial charge in [-0.25, -0.2) is 4.98 Å². The molecule has 0 spiro atoms. The standard InChI is InChI=1S/C13H8F3N3O/c14-13(15,16)8-3-5-9(6-4-8)18-11-10-2-1-7-17-12(10)20-19-11/h1-7H,(H,18,19). The van der Waals surface area contributed by atoms with Crippen molar-refractivity contribution in [3.05, 3.63) is 48.2 Å². The third-order valence-electron chi connectivity index (χ3n) is 2.72. The first kappa shape index (κ1) is 12.5. The molecule has 3 rings (SSSR count). The van der Waals surface area contributed by atoms with Crippen molar-refractivity contribution in [1.82, 2.24) is 10.1 Å². The van der Waals surface area contributed by atoms with Gasteiger partial charge >= 0.3 is 6.18 Å². The van der Waals surface area contributed by atoms with Gasteiger partial charge in [0.25, 0.3) is 5.71 Å². The van der Waals surface area contributed by atoms with Gasteiger partial charge in [-0.1, -0.05) is 5.16 Å². The Balaban J connectivity index is 1.88. The van der Waals surface area contributed by atoms with E-state index in [1.54, 1.807) is 18.3 Å². The lowest BCUT2D eigenvalue weighted by atomic mass is 10.2. The van der Waals surface area contributed by atoms with Gasteiger partial charge in [0.05, 0.1) is 10.9 Å². The monoisotopic (exact) mass is 279 g/mol. The van der Waals surface area contributed by atoms with Crippen LogP contribution < -0.4 is 5.32 Å². The summed E-state index contributed by atoms with van der Waals surface area (Å²) in [7, 11) is 0. The van der Waals surface area contributed by atoms with Gasteiger partial charge < -0.3 is 9.84 Å². The third-order valence-corrected chi connectivity index (χ3v) is 2.72. The van der Waals surface area contributed by atoms with Crippen LogP contribution in [-0.4, -0.2) is 10.1 Å². The predicted octanol–water partition coefficient (Wildman–Crippen LogP) is 3.99. The Bertz CT molecular complexity index is 734. The van der Waals surface area contributed by atoms with E-state index in [4.69, 9.17) is 4.52 Å². The van der Waals surface area contributed by atoms with Gasteiger partial charge in [0.2, 0.25) is 0 Å². The number of hydrogen-bond acceptors (Lipinski definition) is 4. The SMILES string of the molecule is FC(F)(F)c1ccc(Nc2noc3ncccc23)cc1. The van der Waals surface area contributed by atoms with E-state index in [1.165, 1.54) is 12.1 Å². The molecule has 0 saturated heterocycles. The van der Waals surface area contributed by atoms with E-state index < -0.39 is 11.7 Å². The lowest BCUT2D eigenvalue weighted by Gasteiger charge is -2.07. The van der Waals surface area contributed by atoms with Crippen LogP contribution >= 0.6 is 0 Å². The molecule has 2 heterocycles. The highest BCUT2D eigenvalue weighted by atomic mass is 19.4. The fraction of sp³-hybridized carbons (Fsp3) is 0.0769. The summed E-state index contributed by atoms with van der Waals surface area (Å²) in [5.74, 6) is 0.410. The van der Waals surface area contributed by atoms with Gasteiger partial charge in [-0.05, 0) is 36.4 Å². The van der Waals surface area contributed by atoms with E-state index in [0.29, 0.717) is 22.6 Å². The van der Waals surface area contributed by atoms with Crippen LogP contribution in [0.15, 0.2) is 47.1 Å². The lowest BCUT2D eigenvalue weighted by molar-refractivity contribution is -0.137. The molecule has 4 nitrogen and oxygen atoms in total. The largest absolute Gasteiger partial charge is 0.416 e. The minimum atomic E-state index is -4.34. The number of aromatic nitrogens is 2. The van der Waals surface area contributed by atoms with Crippen LogP contribution in [-0.2, 0) is 6.18 Å². The molecule has 1 N–H and O–H groups in total. The van der Waals surface area contributed by atoms with Crippen molar-refractivity contribution in [3.63, 3.8) is 0 Å². The summed E-state index contributed by atoms with van der Waals surface area (Å²) in [5.41, 5.74) is 0.147. The van der Waals surface area contributed by atoms with Crippen LogP contribution in [0.1, 0.15) is 5.56 Å². The van der Waals surface area contributed by atoms with Gasteiger partial charge in [0.1, 0.15) is 0 Å². The van der Waals surface area contributed by atoms with Crippen molar-refractivity contribution in [2.75, 3.05) is 5.32 Å². The van der Waals surface area contributed by atoms with E-state index in [1.807, 2.05) is 0 Å². The second kappa shape index (κ2) is 4.52. The smallest absolute Gasteiger partial charge is 0.337 e. The molecule has 2 aromatic heterocycles. The maximum absolute atomic E-state index is 12.4. The fourth-order valence-corrected chi connectivity index (χ4v) is 1.75. The summed E-state index contributed by atoms with van der Waals surface area (Å²) in [5, 5.41) is 7.34. The molecule has 0 radical (unpaired) electrons. The third kappa shape index (κ3) is 2.29. The number of fused-ring (bicyclic) bond motifs is 1. The molecule has 1 aromatic carbocycles. The number of nitrogens with zero attached hydrogens (tertiary/aromatic N) is 2. The summed E-state index contributed by atoms with van der Waals surface area (Å²) >= 11 is 0. The van der Waals surface area contributed by atoms with Crippen LogP contribution in [0.3, 0.4) is 0 Å². The average Bonchev–Trinajstić information content (AvgIpc) is 2.82. The zero-order valence-corrected chi connectivity index (χ0v) is 9.98. The fourth-order valence-electron chi connectivity index (χ4n) is 1.75. The average molecular weight is 279 g/mol. The maximum Gasteiger partial charge on any atom is 0.416 e. The van der Waals surface area contributed by atoms with Crippen molar-refractivity contribution in [2.45, 2.75) is 6.18 Å². The van der Waals surface area contributed by atoms with Gasteiger partial charge in [-0.15, -0.1) is 0 Å². The molecule has 0 amide bonds. The van der Waals surface area contributed by atoms with E-state index in [9.17, 15) is 13.2 Å². The summed E-state index contributed by atoms with van der Waals surface area (Å²) in [4.78, 5) is 3.97. The highest BCUT2D eigenvalue weighted by molar-refractivity contribution is 5.87. The predicted molar refractivity (Wildman–Crippen MR) is 66.5 cm³/mol. The summed E-state index contributed by atoms with van der Waals surface area (Å²) in [6.07, 6.45) is -2.78. The number of anilines is 2. The molecule has 0 bridgehead atoms. The summed E-state index contributed by atoms with van der Waals surface area (Å²) in [6.45, 7) is 0. The Morgan fingerprint density at radius 1 is 1.05 bits per heavy atom. The lowest BCUT2D eigenvalue weighted by Crippen LogP contribution is -2.04. The van der Waals surface area contributed by atoms with Crippen molar-refractivity contribution in [1.29, 1.82) is 0 Å². The van der Waals surface area contributed by atoms with Crippen LogP contribution in [0.4, 0.5) is 24.7 Å². The second-order valence-electron chi connectivity index (χ2n) is 4.09. The van der Waals surface area contributed by atoms with Gasteiger partial charge in [0.15, 0.2) is 5.82 Å². The molecule has 0 atom stereocenters. The van der Waals surface area contributed by atoms with Crippen LogP contribution in [0.25, 0.3) is 11.1 Å². The first-order valence-electron chi connectivity index (χ1n) is 5.69. The Morgan fingerprint density at radius 2 is 1.80 bits per heavy atom. The molecule has 20 heavy (non-hydrogen) atoms. The van der Waals surface area contributed by atoms with Crippen molar-refractivity contribution < 1.29 is 17.7 Å². The maximum atomic E-state index is 12.4. The highest BCUT2D eigenvalue weighted by Gasteiger charge is 2.29. The van der Waals surface area contributed by atoms with Crippen LogP contribution in [0.2, 0.25) is 0 Å². The molecule has 0 aliphatic rings. The minimum absolute atomic E-state index is 0.363. The van der Waals surface area contributed by atoms with Crippen LogP contribution in [0.5, 0.6) is 0 Å². The number of alkyl halides is 3. The first-order valence-corrected chi connectivity index (χ1v) is 5.69. The Morgan fingerprint density at radius 3 is 2.50 bits per heavy atom. The van der Waals surface area contributed by atoms with Gasteiger partial charge in [0, 0.05) is 11.9 Å². The molecule has 7 heteroatoms. The van der Waals surface area contributed by atoms with E-state index >= 15 is 0 Å².